The van der Waals surface area contributed by atoms with Crippen molar-refractivity contribution in [2.24, 2.45) is 0 Å². The molecular weight excluding hydrogens is 192 g/mol. The van der Waals surface area contributed by atoms with E-state index < -0.39 is 5.97 Å². The van der Waals surface area contributed by atoms with Gasteiger partial charge in [-0.25, -0.2) is 4.79 Å². The van der Waals surface area contributed by atoms with Crippen LogP contribution in [0.2, 0.25) is 0 Å². The smallest absolute Gasteiger partial charge is 0.331 e. The average molecular weight is 204 g/mol. The third-order valence-electron chi connectivity index (χ3n) is 2.02. The molecule has 1 aromatic carbocycles. The Morgan fingerprint density at radius 2 is 1.93 bits per heavy atom. The van der Waals surface area contributed by atoms with E-state index >= 15 is 0 Å². The van der Waals surface area contributed by atoms with Gasteiger partial charge < -0.3 is 9.90 Å². The lowest BCUT2D eigenvalue weighted by atomic mass is 10.1. The van der Waals surface area contributed by atoms with E-state index in [0.717, 1.165) is 17.4 Å². The Morgan fingerprint density at radius 3 is 2.40 bits per heavy atom. The molecule has 0 saturated heterocycles. The monoisotopic (exact) mass is 204 g/mol. The molecule has 0 aliphatic heterocycles. The molecule has 0 spiro atoms. The number of hydrogen-bond acceptors (Lipinski definition) is 2. The summed E-state index contributed by atoms with van der Waals surface area (Å²) < 4.78 is 0. The van der Waals surface area contributed by atoms with Gasteiger partial charge in [0.1, 0.15) is 6.29 Å². The van der Waals surface area contributed by atoms with E-state index in [4.69, 9.17) is 5.11 Å². The molecule has 0 aliphatic carbocycles. The maximum absolute atomic E-state index is 10.6. The zero-order valence-electron chi connectivity index (χ0n) is 8.43. The van der Waals surface area contributed by atoms with E-state index in [1.165, 1.54) is 0 Å². The van der Waals surface area contributed by atoms with Crippen LogP contribution in [-0.4, -0.2) is 17.4 Å². The molecule has 0 aromatic heterocycles. The van der Waals surface area contributed by atoms with Crippen LogP contribution in [-0.2, 0) is 16.0 Å². The molecule has 0 heterocycles. The van der Waals surface area contributed by atoms with Crippen LogP contribution in [0.5, 0.6) is 0 Å². The molecule has 0 aliphatic rings. The van der Waals surface area contributed by atoms with Gasteiger partial charge in [-0.1, -0.05) is 24.3 Å². The average Bonchev–Trinajstić information content (AvgIpc) is 2.21. The highest BCUT2D eigenvalue weighted by Gasteiger charge is 1.99. The number of rotatable bonds is 4. The van der Waals surface area contributed by atoms with Crippen LogP contribution in [0.3, 0.4) is 0 Å². The van der Waals surface area contributed by atoms with Gasteiger partial charge in [0.25, 0.3) is 0 Å². The van der Waals surface area contributed by atoms with Crippen molar-refractivity contribution in [3.8, 4) is 0 Å². The van der Waals surface area contributed by atoms with Crippen LogP contribution in [0, 0.1) is 0 Å². The Morgan fingerprint density at radius 1 is 1.33 bits per heavy atom. The molecule has 0 unspecified atom stereocenters. The van der Waals surface area contributed by atoms with Crippen LogP contribution < -0.4 is 0 Å². The number of carbonyl (C=O) groups excluding carboxylic acids is 1. The summed E-state index contributed by atoms with van der Waals surface area (Å²) in [7, 11) is 0. The fourth-order valence-corrected chi connectivity index (χ4v) is 1.16. The summed E-state index contributed by atoms with van der Waals surface area (Å²) in [4.78, 5) is 20.8. The predicted molar refractivity (Wildman–Crippen MR) is 57.5 cm³/mol. The maximum Gasteiger partial charge on any atom is 0.331 e. The van der Waals surface area contributed by atoms with Gasteiger partial charge in [-0.15, -0.1) is 0 Å². The minimum Gasteiger partial charge on any atom is -0.478 e. The van der Waals surface area contributed by atoms with Crippen molar-refractivity contribution in [1.82, 2.24) is 0 Å². The third-order valence-corrected chi connectivity index (χ3v) is 2.02. The molecule has 1 N–H and O–H groups in total. The minimum atomic E-state index is -0.924. The van der Waals surface area contributed by atoms with E-state index in [1.807, 2.05) is 12.1 Å². The Hall–Kier alpha value is -1.90. The van der Waals surface area contributed by atoms with Gasteiger partial charge in [0, 0.05) is 12.0 Å². The fraction of sp³-hybridized carbons (Fsp3) is 0.167. The Bertz CT molecular complexity index is 388. The van der Waals surface area contributed by atoms with Crippen molar-refractivity contribution in [3.63, 3.8) is 0 Å². The Labute approximate surface area is 88.0 Å². The van der Waals surface area contributed by atoms with Gasteiger partial charge >= 0.3 is 5.97 Å². The first kappa shape index (κ1) is 11.2. The van der Waals surface area contributed by atoms with Crippen LogP contribution in [0.25, 0.3) is 6.08 Å². The molecule has 15 heavy (non-hydrogen) atoms. The second-order valence-electron chi connectivity index (χ2n) is 3.24. The first-order valence-electron chi connectivity index (χ1n) is 4.57. The van der Waals surface area contributed by atoms with Gasteiger partial charge in [0.15, 0.2) is 0 Å². The molecular formula is C12H12O3. The second kappa shape index (κ2) is 5.10. The topological polar surface area (TPSA) is 54.4 Å². The number of aldehydes is 1. The lowest BCUT2D eigenvalue weighted by Gasteiger charge is -1.98. The summed E-state index contributed by atoms with van der Waals surface area (Å²) in [5.74, 6) is -0.924. The van der Waals surface area contributed by atoms with Crippen LogP contribution in [0.4, 0.5) is 0 Å². The van der Waals surface area contributed by atoms with Crippen molar-refractivity contribution in [3.05, 3.63) is 41.0 Å². The van der Waals surface area contributed by atoms with Gasteiger partial charge in [0.05, 0.1) is 0 Å². The highest BCUT2D eigenvalue weighted by atomic mass is 16.4. The first-order valence-corrected chi connectivity index (χ1v) is 4.57. The Balaban J connectivity index is 2.85. The standard InChI is InChI=1S/C12H12O3/c1-9(12(14)15)8-11-4-2-10(3-5-11)6-7-13/h2-5,7-8H,6H2,1H3,(H,14,15). The normalized spacial score (nSPS) is 11.1. The summed E-state index contributed by atoms with van der Waals surface area (Å²) in [6.07, 6.45) is 2.82. The van der Waals surface area contributed by atoms with E-state index in [0.29, 0.717) is 6.42 Å². The fourth-order valence-electron chi connectivity index (χ4n) is 1.16. The van der Waals surface area contributed by atoms with Crippen LogP contribution in [0.15, 0.2) is 29.8 Å². The van der Waals surface area contributed by atoms with E-state index in [-0.39, 0.29) is 5.57 Å². The number of benzene rings is 1. The zero-order valence-corrected chi connectivity index (χ0v) is 8.43. The highest BCUT2D eigenvalue weighted by Crippen LogP contribution is 2.09. The number of carbonyl (C=O) groups is 2. The lowest BCUT2D eigenvalue weighted by molar-refractivity contribution is -0.132. The number of carboxylic acid groups (broad SMARTS) is 1. The minimum absolute atomic E-state index is 0.290. The van der Waals surface area contributed by atoms with Crippen LogP contribution in [0.1, 0.15) is 18.1 Å². The second-order valence-corrected chi connectivity index (χ2v) is 3.24. The largest absolute Gasteiger partial charge is 0.478 e. The molecule has 1 aromatic rings. The third kappa shape index (κ3) is 3.38. The van der Waals surface area contributed by atoms with Crippen molar-refractivity contribution in [2.45, 2.75) is 13.3 Å². The van der Waals surface area contributed by atoms with E-state index in [2.05, 4.69) is 0 Å². The zero-order chi connectivity index (χ0) is 11.3. The molecule has 0 bridgehead atoms. The van der Waals surface area contributed by atoms with Gasteiger partial charge in [-0.2, -0.15) is 0 Å². The molecule has 0 radical (unpaired) electrons. The molecule has 0 fully saturated rings. The molecule has 0 saturated carbocycles. The molecule has 0 amide bonds. The number of carboxylic acids is 1. The lowest BCUT2D eigenvalue weighted by Crippen LogP contribution is -1.95. The first-order chi connectivity index (χ1) is 7.13. The molecule has 3 heteroatoms. The van der Waals surface area contributed by atoms with Gasteiger partial charge in [-0.05, 0) is 24.1 Å². The van der Waals surface area contributed by atoms with Crippen molar-refractivity contribution >= 4 is 18.3 Å². The Kier molecular flexibility index (Phi) is 3.80. The number of aliphatic carboxylic acids is 1. The molecule has 1 rings (SSSR count). The molecule has 78 valence electrons. The van der Waals surface area contributed by atoms with Crippen molar-refractivity contribution < 1.29 is 14.7 Å². The summed E-state index contributed by atoms with van der Waals surface area (Å²) in [6, 6.07) is 7.22. The predicted octanol–water partition coefficient (Wildman–Crippen LogP) is 1.92. The summed E-state index contributed by atoms with van der Waals surface area (Å²) in [5, 5.41) is 8.67. The maximum atomic E-state index is 10.6. The van der Waals surface area contributed by atoms with Crippen LogP contribution >= 0.6 is 0 Å². The summed E-state index contributed by atoms with van der Waals surface area (Å²) >= 11 is 0. The van der Waals surface area contributed by atoms with Gasteiger partial charge in [-0.3, -0.25) is 0 Å². The SMILES string of the molecule is CC(=Cc1ccc(CC=O)cc1)C(=O)O. The summed E-state index contributed by atoms with van der Waals surface area (Å²) in [5.41, 5.74) is 2.04. The van der Waals surface area contributed by atoms with Crippen molar-refractivity contribution in [2.75, 3.05) is 0 Å². The van der Waals surface area contributed by atoms with E-state index in [9.17, 15) is 9.59 Å². The number of hydrogen-bond donors (Lipinski definition) is 1. The quantitative estimate of drug-likeness (QED) is 0.602. The van der Waals surface area contributed by atoms with E-state index in [1.54, 1.807) is 25.1 Å². The highest BCUT2D eigenvalue weighted by molar-refractivity contribution is 5.91. The molecule has 0 atom stereocenters. The molecule has 3 nitrogen and oxygen atoms in total. The van der Waals surface area contributed by atoms with Crippen molar-refractivity contribution in [1.29, 1.82) is 0 Å². The van der Waals surface area contributed by atoms with Gasteiger partial charge in [0.2, 0.25) is 0 Å². The summed E-state index contributed by atoms with van der Waals surface area (Å²) in [6.45, 7) is 1.54.